The Morgan fingerprint density at radius 3 is 1.02 bits per heavy atom. The van der Waals surface area contributed by atoms with Gasteiger partial charge < -0.3 is 60.9 Å². The minimum Gasteiger partial charge on any atom is -0.446 e. The van der Waals surface area contributed by atoms with Gasteiger partial charge in [-0.3, -0.25) is 38.4 Å². The van der Waals surface area contributed by atoms with Crippen molar-refractivity contribution in [3.8, 4) is 0 Å². The molecule has 9 aromatic carbocycles. The molecular weight excluding hydrogens is 1620 g/mol. The Morgan fingerprint density at radius 2 is 0.677 bits per heavy atom. The molecule has 0 aromatic heterocycles. The van der Waals surface area contributed by atoms with Crippen LogP contribution >= 0.6 is 0 Å². The van der Waals surface area contributed by atoms with Crippen LogP contribution in [0.3, 0.4) is 0 Å². The number of carbonyl (C=O) groups excluding carboxylic acids is 8. The Morgan fingerprint density at radius 1 is 0.379 bits per heavy atom. The summed E-state index contributed by atoms with van der Waals surface area (Å²) >= 11 is 0. The van der Waals surface area contributed by atoms with Crippen LogP contribution in [0.25, 0.3) is 0 Å². The monoisotopic (exact) mass is 1710 g/mol. The molecule has 5 saturated heterocycles. The van der Waals surface area contributed by atoms with Gasteiger partial charge in [-0.1, -0.05) is 113 Å². The predicted octanol–water partition coefficient (Wildman–Crippen LogP) is 10.1. The van der Waals surface area contributed by atoms with Gasteiger partial charge >= 0.3 is 56.3 Å². The molecule has 1 unspecified atom stereocenters. The highest BCUT2D eigenvalue weighted by atomic mass is 19.2. The van der Waals surface area contributed by atoms with Crippen LogP contribution in [0, 0.1) is 52.0 Å². The number of hydrogen-bond acceptors (Lipinski definition) is 21. The smallest absolute Gasteiger partial charge is 0.446 e. The second-order valence-corrected chi connectivity index (χ2v) is 30.4. The SMILES string of the molecule is CB(O)c1ccc(F)cc1C=O.CB(OC(C)C)c1ccc(F)cc1C=O.CC1(C)COB(c2ccc(F)cc2C=O)OC1.CC1(C)OB(c2ccc(F)cc2C=O)OC1(C)C.COB(C)c1ccc(F)cc1C=O.O=Cc1cc(F)ccc1B1OCC(c2ccccc2)O1.O=Cc1cc(F)ccc1B1OCCCO1.O=Cc1cc(F)ccc1B1OCCO1. The third-order valence-electron chi connectivity index (χ3n) is 19.6. The fourth-order valence-electron chi connectivity index (χ4n) is 12.4. The maximum atomic E-state index is 13.1. The van der Waals surface area contributed by atoms with Crippen LogP contribution in [0.5, 0.6) is 0 Å². The standard InChI is InChI=1S/C15H12BFO3.C13H16BFO3.C12H14BFO3.C11H14BFO2.C10H10BFO3.C9H8BFO3.C9H10BFO2.C8H8BFO2/c17-13-6-7-14(12(8-13)9-18)16-19-10-15(20-16)11-4-2-1-3-5-11;1-12(2)13(3,4)18-14(17-12)11-6-5-10(15)7-9(11)8-16;1-12(2)7-16-13(17-8-12)11-4-3-10(14)5-9(11)6-15;1-8(2)15-12(3)11-5-4-10(13)6-9(11)7-14;12-9-2-3-10(8(6-9)7-13)11-14-4-1-5-15-11;11-8-1-2-9(7(5-8)6-12)10-13-3-4-14-10;1-10(13-2)9-4-3-8(11)5-7(9)6-12;1-9(12)8-3-2-7(10)4-6(8)5-11/h1-9,15H,10H2;5-8H,1-4H3;3-6H,7-8H2,1-2H3;4-8H,1-3H3;2-3,6-7H,1,4-5H2;1-2,5-6H,3-4H2;3-6H,1-2H3;2-5,12H,1H3. The van der Waals surface area contributed by atoms with Crippen molar-refractivity contribution >= 4 is 150 Å². The summed E-state index contributed by atoms with van der Waals surface area (Å²) in [7, 11) is -1.39. The molecule has 0 spiro atoms. The van der Waals surface area contributed by atoms with Crippen LogP contribution in [0.15, 0.2) is 176 Å². The molecule has 0 radical (unpaired) electrons. The summed E-state index contributed by atoms with van der Waals surface area (Å²) in [5.74, 6) is -3.49. The third kappa shape index (κ3) is 29.7. The number of aldehydes is 8. The van der Waals surface area contributed by atoms with Crippen molar-refractivity contribution in [3.05, 3.63) is 273 Å². The Kier molecular flexibility index (Phi) is 39.8. The molecule has 0 amide bonds. The van der Waals surface area contributed by atoms with E-state index in [9.17, 15) is 73.5 Å². The van der Waals surface area contributed by atoms with Crippen LogP contribution in [0.4, 0.5) is 35.1 Å². The van der Waals surface area contributed by atoms with Gasteiger partial charge in [0, 0.05) is 89.6 Å². The number of hydrogen-bond donors (Lipinski definition) is 1. The van der Waals surface area contributed by atoms with E-state index in [-0.39, 0.29) is 64.8 Å². The number of carbonyl (C=O) groups is 8. The van der Waals surface area contributed by atoms with Gasteiger partial charge in [-0.2, -0.15) is 0 Å². The highest BCUT2D eigenvalue weighted by molar-refractivity contribution is 6.68. The van der Waals surface area contributed by atoms with Gasteiger partial charge in [0.25, 0.3) is 0 Å². The molecule has 14 rings (SSSR count). The number of halogens is 8. The molecule has 1 atom stereocenters. The third-order valence-corrected chi connectivity index (χ3v) is 19.6. The Bertz CT molecular complexity index is 5030. The Hall–Kier alpha value is -10.2. The average Bonchev–Trinajstić information content (AvgIpc) is 1.62. The summed E-state index contributed by atoms with van der Waals surface area (Å²) in [6.45, 7) is 23.4. The Labute approximate surface area is 718 Å². The van der Waals surface area contributed by atoms with Crippen LogP contribution in [-0.2, 0) is 55.9 Å². The summed E-state index contributed by atoms with van der Waals surface area (Å²) in [4.78, 5) is 86.0. The van der Waals surface area contributed by atoms with Crippen LogP contribution in [-0.4, -0.2) is 182 Å². The first-order chi connectivity index (χ1) is 59.0. The molecule has 5 aliphatic rings. The van der Waals surface area contributed by atoms with E-state index in [1.165, 1.54) is 134 Å². The maximum absolute atomic E-state index is 13.1. The van der Waals surface area contributed by atoms with E-state index in [1.54, 1.807) is 26.1 Å². The normalized spacial score (nSPS) is 15.6. The second-order valence-electron chi connectivity index (χ2n) is 30.4. The summed E-state index contributed by atoms with van der Waals surface area (Å²) in [5.41, 5.74) is 7.01. The summed E-state index contributed by atoms with van der Waals surface area (Å²) in [6, 6.07) is 41.7. The lowest BCUT2D eigenvalue weighted by Crippen LogP contribution is -2.48. The van der Waals surface area contributed by atoms with E-state index >= 15 is 0 Å². The molecule has 5 heterocycles. The average molecular weight is 1710 g/mol. The predicted molar refractivity (Wildman–Crippen MR) is 461 cm³/mol. The van der Waals surface area contributed by atoms with Crippen molar-refractivity contribution in [3.63, 3.8) is 0 Å². The maximum Gasteiger partial charge on any atom is 0.495 e. The van der Waals surface area contributed by atoms with E-state index in [4.69, 9.17) is 60.9 Å². The van der Waals surface area contributed by atoms with Crippen LogP contribution in [0.2, 0.25) is 20.5 Å². The second kappa shape index (κ2) is 48.9. The first kappa shape index (κ1) is 101. The van der Waals surface area contributed by atoms with E-state index < -0.39 is 100 Å². The zero-order valence-corrected chi connectivity index (χ0v) is 70.4. The summed E-state index contributed by atoms with van der Waals surface area (Å²) in [5, 5.41) is 9.15. The lowest BCUT2D eigenvalue weighted by atomic mass is 9.62. The van der Waals surface area contributed by atoms with Crippen molar-refractivity contribution < 1.29 is 134 Å². The van der Waals surface area contributed by atoms with Gasteiger partial charge in [0.2, 0.25) is 0 Å². The van der Waals surface area contributed by atoms with E-state index in [0.717, 1.165) is 23.5 Å². The molecule has 5 aliphatic heterocycles. The largest absolute Gasteiger partial charge is 0.495 e. The van der Waals surface area contributed by atoms with Crippen molar-refractivity contribution in [2.24, 2.45) is 5.41 Å². The van der Waals surface area contributed by atoms with E-state index in [2.05, 4.69) is 0 Å². The first-order valence-corrected chi connectivity index (χ1v) is 39.3. The summed E-state index contributed by atoms with van der Waals surface area (Å²) < 4.78 is 169. The zero-order valence-electron chi connectivity index (χ0n) is 70.4. The molecule has 0 saturated carbocycles. The fraction of sp³-hybridized carbons (Fsp3) is 0.287. The lowest BCUT2D eigenvalue weighted by Gasteiger charge is -2.33. The molecule has 646 valence electrons. The molecule has 0 aliphatic carbocycles. The minimum atomic E-state index is -0.745. The first-order valence-electron chi connectivity index (χ1n) is 39.3. The number of rotatable bonds is 20. The topological polar surface area (TPSA) is 268 Å². The van der Waals surface area contributed by atoms with E-state index in [1.807, 2.05) is 92.5 Å². The molecule has 124 heavy (non-hydrogen) atoms. The fourth-order valence-corrected chi connectivity index (χ4v) is 12.4. The Balaban J connectivity index is 0.000000196. The van der Waals surface area contributed by atoms with Gasteiger partial charge in [-0.05, 0) is 194 Å². The highest BCUT2D eigenvalue weighted by Gasteiger charge is 2.52. The van der Waals surface area contributed by atoms with E-state index in [0.29, 0.717) is 146 Å². The van der Waals surface area contributed by atoms with Gasteiger partial charge in [0.05, 0.1) is 37.1 Å². The number of benzene rings is 9. The molecule has 21 nitrogen and oxygen atoms in total. The zero-order chi connectivity index (χ0) is 91.0. The van der Waals surface area contributed by atoms with Crippen LogP contribution < -0.4 is 43.7 Å². The highest BCUT2D eigenvalue weighted by Crippen LogP contribution is 2.37. The molecule has 37 heteroatoms. The molecular formula is C87H92B8F8O21. The minimum absolute atomic E-state index is 0.0299. The van der Waals surface area contributed by atoms with Crippen molar-refractivity contribution in [1.82, 2.24) is 0 Å². The van der Waals surface area contributed by atoms with Gasteiger partial charge in [0.1, 0.15) is 96.8 Å². The van der Waals surface area contributed by atoms with Gasteiger partial charge in [0.15, 0.2) is 0 Å². The van der Waals surface area contributed by atoms with Gasteiger partial charge in [-0.15, -0.1) is 0 Å². The molecule has 5 fully saturated rings. The van der Waals surface area contributed by atoms with Crippen LogP contribution in [0.1, 0.15) is 156 Å². The van der Waals surface area contributed by atoms with Crippen molar-refractivity contribution in [2.75, 3.05) is 53.4 Å². The van der Waals surface area contributed by atoms with Gasteiger partial charge in [-0.25, -0.2) is 35.1 Å². The quantitative estimate of drug-likeness (QED) is 0.0422. The lowest BCUT2D eigenvalue weighted by molar-refractivity contribution is 0.00578. The van der Waals surface area contributed by atoms with Crippen molar-refractivity contribution in [2.45, 2.75) is 106 Å². The molecule has 0 bridgehead atoms. The molecule has 1 N–H and O–H groups in total. The summed E-state index contributed by atoms with van der Waals surface area (Å²) in [6.07, 6.45) is 5.61. The van der Waals surface area contributed by atoms with Crippen molar-refractivity contribution in [1.29, 1.82) is 0 Å². The molecule has 9 aromatic rings.